The highest BCUT2D eigenvalue weighted by Gasteiger charge is 2.54. The molecule has 0 amide bonds. The molecule has 4 aliphatic rings. The van der Waals surface area contributed by atoms with Gasteiger partial charge in [0.25, 0.3) is 0 Å². The molecule has 0 aliphatic heterocycles. The lowest BCUT2D eigenvalue weighted by Crippen LogP contribution is -2.32. The zero-order valence-corrected chi connectivity index (χ0v) is 16.1. The molecule has 28 heavy (non-hydrogen) atoms. The van der Waals surface area contributed by atoms with Gasteiger partial charge in [0.2, 0.25) is 0 Å². The Hall–Kier alpha value is -3.00. The van der Waals surface area contributed by atoms with Crippen LogP contribution in [0.1, 0.15) is 48.4 Å². The molecule has 6 rings (SSSR count). The van der Waals surface area contributed by atoms with Crippen LogP contribution in [0.2, 0.25) is 0 Å². The summed E-state index contributed by atoms with van der Waals surface area (Å²) in [4.78, 5) is 0. The number of hydrogen-bond acceptors (Lipinski definition) is 2. The van der Waals surface area contributed by atoms with E-state index in [1.165, 1.54) is 44.5 Å². The Morgan fingerprint density at radius 2 is 1.82 bits per heavy atom. The van der Waals surface area contributed by atoms with E-state index in [0.29, 0.717) is 5.92 Å². The van der Waals surface area contributed by atoms with Crippen molar-refractivity contribution in [2.45, 2.75) is 31.6 Å². The van der Waals surface area contributed by atoms with Crippen LogP contribution in [0.15, 0.2) is 77.5 Å². The molecule has 2 atom stereocenters. The van der Waals surface area contributed by atoms with Gasteiger partial charge in [0.05, 0.1) is 5.41 Å². The average Bonchev–Trinajstić information content (AvgIpc) is 3.15. The normalized spacial score (nSPS) is 26.9. The number of hydrogen-bond donors (Lipinski definition) is 2. The van der Waals surface area contributed by atoms with Crippen LogP contribution < -0.4 is 11.5 Å². The molecular weight excluding hydrogens is 340 g/mol. The Balaban J connectivity index is 1.81. The van der Waals surface area contributed by atoms with Crippen LogP contribution in [0.3, 0.4) is 0 Å². The Kier molecular flexibility index (Phi) is 3.02. The maximum absolute atomic E-state index is 6.40. The quantitative estimate of drug-likeness (QED) is 0.622. The van der Waals surface area contributed by atoms with Gasteiger partial charge < -0.3 is 11.5 Å². The van der Waals surface area contributed by atoms with E-state index >= 15 is 0 Å². The summed E-state index contributed by atoms with van der Waals surface area (Å²) in [6.07, 6.45) is 9.95. The molecule has 1 spiro atoms. The second-order valence-electron chi connectivity index (χ2n) is 8.58. The second kappa shape index (κ2) is 5.29. The van der Waals surface area contributed by atoms with E-state index in [4.69, 9.17) is 11.5 Å². The van der Waals surface area contributed by atoms with E-state index in [-0.39, 0.29) is 5.41 Å². The zero-order chi connectivity index (χ0) is 19.0. The lowest BCUT2D eigenvalue weighted by Gasteiger charge is -2.38. The highest BCUT2D eigenvalue weighted by Crippen LogP contribution is 2.65. The third-order valence-corrected chi connectivity index (χ3v) is 7.08. The number of rotatable bonds is 0. The first kappa shape index (κ1) is 16.0. The SMILES string of the molecule is CC1CC=CC2=C1C1(C3=C(CCC(N)=C3)c3ccc(N)cc31)c1ccccc12. The Labute approximate surface area is 165 Å². The summed E-state index contributed by atoms with van der Waals surface area (Å²) in [6, 6.07) is 15.4. The molecule has 0 bridgehead atoms. The molecule has 0 fully saturated rings. The van der Waals surface area contributed by atoms with Gasteiger partial charge >= 0.3 is 0 Å². The van der Waals surface area contributed by atoms with Gasteiger partial charge in [-0.05, 0) is 87.9 Å². The number of nitrogen functional groups attached to an aromatic ring is 1. The van der Waals surface area contributed by atoms with Crippen LogP contribution in [-0.4, -0.2) is 0 Å². The van der Waals surface area contributed by atoms with Crippen molar-refractivity contribution in [1.82, 2.24) is 0 Å². The fourth-order valence-corrected chi connectivity index (χ4v) is 6.08. The lowest BCUT2D eigenvalue weighted by atomic mass is 9.64. The van der Waals surface area contributed by atoms with Crippen molar-refractivity contribution in [2.75, 3.05) is 5.73 Å². The average molecular weight is 364 g/mol. The van der Waals surface area contributed by atoms with Crippen LogP contribution in [-0.2, 0) is 5.41 Å². The van der Waals surface area contributed by atoms with Crippen LogP contribution in [0.25, 0.3) is 11.1 Å². The zero-order valence-electron chi connectivity index (χ0n) is 16.1. The highest BCUT2D eigenvalue weighted by molar-refractivity contribution is 5.98. The molecule has 0 saturated heterocycles. The van der Waals surface area contributed by atoms with Crippen molar-refractivity contribution in [3.05, 3.63) is 99.8 Å². The third-order valence-electron chi connectivity index (χ3n) is 7.08. The van der Waals surface area contributed by atoms with Crippen molar-refractivity contribution in [1.29, 1.82) is 0 Å². The fourth-order valence-electron chi connectivity index (χ4n) is 6.08. The van der Waals surface area contributed by atoms with E-state index in [2.05, 4.69) is 61.5 Å². The number of fused-ring (bicyclic) bond motifs is 8. The standard InChI is InChI=1S/C26H24N2/c1-15-5-4-7-21-18-6-2-3-8-22(18)26(25(15)21)23-13-16(27)9-11-19(23)20-12-10-17(28)14-24(20)26/h2-4,6-9,11,13-15H,5,10,12,27-28H2,1H3. The first-order valence-electron chi connectivity index (χ1n) is 10.2. The van der Waals surface area contributed by atoms with Gasteiger partial charge in [-0.15, -0.1) is 0 Å². The predicted molar refractivity (Wildman–Crippen MR) is 116 cm³/mol. The van der Waals surface area contributed by atoms with Gasteiger partial charge in [0.1, 0.15) is 0 Å². The predicted octanol–water partition coefficient (Wildman–Crippen LogP) is 5.32. The summed E-state index contributed by atoms with van der Waals surface area (Å²) in [5.41, 5.74) is 25.5. The molecule has 4 N–H and O–H groups in total. The Morgan fingerprint density at radius 3 is 2.71 bits per heavy atom. The van der Waals surface area contributed by atoms with Gasteiger partial charge in [-0.1, -0.05) is 49.4 Å². The summed E-state index contributed by atoms with van der Waals surface area (Å²) < 4.78 is 0. The minimum Gasteiger partial charge on any atom is -0.402 e. The molecule has 0 aromatic heterocycles. The van der Waals surface area contributed by atoms with Crippen molar-refractivity contribution in [3.8, 4) is 0 Å². The van der Waals surface area contributed by atoms with Crippen LogP contribution in [0, 0.1) is 5.92 Å². The van der Waals surface area contributed by atoms with E-state index < -0.39 is 0 Å². The maximum atomic E-state index is 6.40. The van der Waals surface area contributed by atoms with E-state index in [9.17, 15) is 0 Å². The summed E-state index contributed by atoms with van der Waals surface area (Å²) in [5, 5.41) is 0. The lowest BCUT2D eigenvalue weighted by molar-refractivity contribution is 0.587. The van der Waals surface area contributed by atoms with Gasteiger partial charge in [-0.3, -0.25) is 0 Å². The van der Waals surface area contributed by atoms with Gasteiger partial charge in [0, 0.05) is 11.4 Å². The summed E-state index contributed by atoms with van der Waals surface area (Å²) in [7, 11) is 0. The maximum Gasteiger partial charge on any atom is 0.0689 e. The van der Waals surface area contributed by atoms with Crippen molar-refractivity contribution in [2.24, 2.45) is 11.7 Å². The van der Waals surface area contributed by atoms with Gasteiger partial charge in [-0.2, -0.15) is 0 Å². The van der Waals surface area contributed by atoms with Crippen LogP contribution >= 0.6 is 0 Å². The van der Waals surface area contributed by atoms with Gasteiger partial charge in [0.15, 0.2) is 0 Å². The first-order valence-corrected chi connectivity index (χ1v) is 10.2. The third kappa shape index (κ3) is 1.74. The number of nitrogens with two attached hydrogens (primary N) is 2. The Morgan fingerprint density at radius 1 is 0.964 bits per heavy atom. The molecule has 2 unspecified atom stereocenters. The van der Waals surface area contributed by atoms with Crippen LogP contribution in [0.4, 0.5) is 5.69 Å². The molecular formula is C26H24N2. The summed E-state index contributed by atoms with van der Waals surface area (Å²) in [5.74, 6) is 0.477. The minimum absolute atomic E-state index is 0.249. The molecule has 138 valence electrons. The topological polar surface area (TPSA) is 52.0 Å². The van der Waals surface area contributed by atoms with E-state index in [1.807, 2.05) is 6.07 Å². The highest BCUT2D eigenvalue weighted by atomic mass is 14.6. The molecule has 0 radical (unpaired) electrons. The largest absolute Gasteiger partial charge is 0.402 e. The molecule has 2 aromatic rings. The minimum atomic E-state index is -0.249. The molecule has 2 aromatic carbocycles. The number of benzene rings is 2. The molecule has 0 heterocycles. The monoisotopic (exact) mass is 364 g/mol. The van der Waals surface area contributed by atoms with Gasteiger partial charge in [-0.25, -0.2) is 0 Å². The van der Waals surface area contributed by atoms with Crippen molar-refractivity contribution < 1.29 is 0 Å². The fraction of sp³-hybridized carbons (Fsp3) is 0.231. The molecule has 2 heteroatoms. The molecule has 2 nitrogen and oxygen atoms in total. The molecule has 4 aliphatic carbocycles. The van der Waals surface area contributed by atoms with E-state index in [0.717, 1.165) is 30.6 Å². The van der Waals surface area contributed by atoms with E-state index in [1.54, 1.807) is 0 Å². The first-order chi connectivity index (χ1) is 13.6. The summed E-state index contributed by atoms with van der Waals surface area (Å²) >= 11 is 0. The van der Waals surface area contributed by atoms with Crippen molar-refractivity contribution in [3.63, 3.8) is 0 Å². The smallest absolute Gasteiger partial charge is 0.0689 e. The molecule has 0 saturated carbocycles. The Bertz CT molecular complexity index is 1170. The number of allylic oxidation sites excluding steroid dienone is 8. The van der Waals surface area contributed by atoms with Crippen LogP contribution in [0.5, 0.6) is 0 Å². The second-order valence-corrected chi connectivity index (χ2v) is 8.58. The summed E-state index contributed by atoms with van der Waals surface area (Å²) in [6.45, 7) is 2.37. The van der Waals surface area contributed by atoms with Crippen molar-refractivity contribution >= 4 is 16.8 Å². The number of anilines is 1.